The number of anilines is 1. The molecule has 1 amide bonds. The maximum absolute atomic E-state index is 11.6. The van der Waals surface area contributed by atoms with Crippen LogP contribution in [0.25, 0.3) is 0 Å². The third-order valence-electron chi connectivity index (χ3n) is 2.10. The van der Waals surface area contributed by atoms with Crippen LogP contribution in [0.2, 0.25) is 10.6 Å². The molecule has 8 heteroatoms. The summed E-state index contributed by atoms with van der Waals surface area (Å²) in [5, 5.41) is -0.111. The molecule has 0 atom stereocenters. The molecule has 1 heterocycles. The Bertz CT molecular complexity index is 558. The Balaban J connectivity index is 1.90. The van der Waals surface area contributed by atoms with E-state index in [2.05, 4.69) is 25.8 Å². The summed E-state index contributed by atoms with van der Waals surface area (Å²) in [6.07, 6.45) is 0.236. The summed E-state index contributed by atoms with van der Waals surface area (Å²) in [6, 6.07) is 9.32. The van der Waals surface area contributed by atoms with E-state index in [1.165, 1.54) is 0 Å². The molecule has 0 saturated heterocycles. The highest BCUT2D eigenvalue weighted by Gasteiger charge is 2.05. The van der Waals surface area contributed by atoms with Crippen molar-refractivity contribution in [2.75, 3.05) is 5.43 Å². The van der Waals surface area contributed by atoms with Crippen molar-refractivity contribution in [1.29, 1.82) is 0 Å². The van der Waals surface area contributed by atoms with E-state index in [4.69, 9.17) is 23.2 Å². The van der Waals surface area contributed by atoms with Gasteiger partial charge in [0.05, 0.1) is 6.42 Å². The number of carbonyl (C=O) groups excluding carboxylic acids is 1. The molecule has 0 bridgehead atoms. The molecule has 6 nitrogen and oxygen atoms in total. The monoisotopic (exact) mass is 297 g/mol. The number of aromatic nitrogens is 3. The van der Waals surface area contributed by atoms with Gasteiger partial charge in [0.1, 0.15) is 0 Å². The average Bonchev–Trinajstić information content (AvgIpc) is 2.36. The second-order valence-electron chi connectivity index (χ2n) is 3.53. The molecule has 0 spiro atoms. The average molecular weight is 298 g/mol. The van der Waals surface area contributed by atoms with Gasteiger partial charge in [-0.25, -0.2) is 0 Å². The van der Waals surface area contributed by atoms with Crippen LogP contribution in [0.15, 0.2) is 30.3 Å². The highest BCUT2D eigenvalue weighted by molar-refractivity contribution is 6.31. The number of nitrogens with zero attached hydrogens (tertiary/aromatic N) is 3. The lowest BCUT2D eigenvalue weighted by Gasteiger charge is -2.07. The summed E-state index contributed by atoms with van der Waals surface area (Å²) in [7, 11) is 0. The van der Waals surface area contributed by atoms with Crippen molar-refractivity contribution in [3.63, 3.8) is 0 Å². The van der Waals surface area contributed by atoms with Gasteiger partial charge in [-0.1, -0.05) is 30.3 Å². The maximum atomic E-state index is 11.6. The molecule has 0 radical (unpaired) electrons. The summed E-state index contributed by atoms with van der Waals surface area (Å²) in [5.41, 5.74) is 5.86. The molecule has 0 aliphatic carbocycles. The minimum Gasteiger partial charge on any atom is -0.273 e. The van der Waals surface area contributed by atoms with E-state index in [1.807, 2.05) is 30.3 Å². The summed E-state index contributed by atoms with van der Waals surface area (Å²) in [4.78, 5) is 22.7. The van der Waals surface area contributed by atoms with Crippen molar-refractivity contribution in [2.24, 2.45) is 0 Å². The minimum atomic E-state index is -0.237. The van der Waals surface area contributed by atoms with Crippen LogP contribution in [0.4, 0.5) is 5.95 Å². The zero-order valence-corrected chi connectivity index (χ0v) is 11.1. The summed E-state index contributed by atoms with van der Waals surface area (Å²) < 4.78 is 0. The largest absolute Gasteiger partial charge is 0.273 e. The van der Waals surface area contributed by atoms with Crippen LogP contribution in [-0.4, -0.2) is 20.9 Å². The quantitative estimate of drug-likeness (QED) is 0.842. The smallest absolute Gasteiger partial charge is 0.247 e. The highest BCUT2D eigenvalue weighted by Crippen LogP contribution is 2.08. The molecule has 0 unspecified atom stereocenters. The molecule has 2 aromatic rings. The Kier molecular flexibility index (Phi) is 4.48. The van der Waals surface area contributed by atoms with Crippen molar-refractivity contribution < 1.29 is 4.79 Å². The van der Waals surface area contributed by atoms with E-state index < -0.39 is 0 Å². The Morgan fingerprint density at radius 3 is 2.32 bits per heavy atom. The number of carbonyl (C=O) groups is 1. The van der Waals surface area contributed by atoms with E-state index in [9.17, 15) is 4.79 Å². The number of halogens is 2. The maximum Gasteiger partial charge on any atom is 0.247 e. The second-order valence-corrected chi connectivity index (χ2v) is 4.21. The first-order valence-electron chi connectivity index (χ1n) is 5.29. The Hall–Kier alpha value is -1.92. The summed E-state index contributed by atoms with van der Waals surface area (Å²) in [5.74, 6) is -0.162. The van der Waals surface area contributed by atoms with Gasteiger partial charge in [0.15, 0.2) is 0 Å². The van der Waals surface area contributed by atoms with E-state index in [-0.39, 0.29) is 28.8 Å². The Morgan fingerprint density at radius 1 is 1.05 bits per heavy atom. The van der Waals surface area contributed by atoms with Crippen molar-refractivity contribution in [3.8, 4) is 0 Å². The fourth-order valence-corrected chi connectivity index (χ4v) is 1.70. The van der Waals surface area contributed by atoms with Crippen LogP contribution >= 0.6 is 23.2 Å². The SMILES string of the molecule is O=C(Cc1ccccc1)NNc1nc(Cl)nc(Cl)n1. The first-order chi connectivity index (χ1) is 9.13. The third-order valence-corrected chi connectivity index (χ3v) is 2.44. The van der Waals surface area contributed by atoms with Crippen LogP contribution in [0.5, 0.6) is 0 Å². The number of hydrazine groups is 1. The van der Waals surface area contributed by atoms with Crippen LogP contribution < -0.4 is 10.9 Å². The lowest BCUT2D eigenvalue weighted by atomic mass is 10.1. The molecule has 2 rings (SSSR count). The van der Waals surface area contributed by atoms with Gasteiger partial charge in [0, 0.05) is 0 Å². The standard InChI is InChI=1S/C11H9Cl2N5O/c12-9-14-10(13)16-11(15-9)18-17-8(19)6-7-4-2-1-3-5-7/h1-5H,6H2,(H,17,19)(H,14,15,16,18). The molecule has 98 valence electrons. The normalized spacial score (nSPS) is 10.0. The number of rotatable bonds is 4. The van der Waals surface area contributed by atoms with Crippen molar-refractivity contribution in [3.05, 3.63) is 46.5 Å². The van der Waals surface area contributed by atoms with Crippen molar-refractivity contribution in [1.82, 2.24) is 20.4 Å². The first-order valence-corrected chi connectivity index (χ1v) is 6.05. The zero-order chi connectivity index (χ0) is 13.7. The van der Waals surface area contributed by atoms with Crippen molar-refractivity contribution >= 4 is 35.1 Å². The van der Waals surface area contributed by atoms with Gasteiger partial charge < -0.3 is 0 Å². The van der Waals surface area contributed by atoms with E-state index in [0.29, 0.717) is 0 Å². The Labute approximate surface area is 119 Å². The fourth-order valence-electron chi connectivity index (χ4n) is 1.33. The first kappa shape index (κ1) is 13.5. The third kappa shape index (κ3) is 4.35. The molecule has 0 saturated carbocycles. The Morgan fingerprint density at radius 2 is 1.68 bits per heavy atom. The molecule has 1 aromatic carbocycles. The topological polar surface area (TPSA) is 79.8 Å². The molecule has 19 heavy (non-hydrogen) atoms. The molecule has 2 N–H and O–H groups in total. The van der Waals surface area contributed by atoms with Crippen LogP contribution in [-0.2, 0) is 11.2 Å². The minimum absolute atomic E-state index is 0.0557. The predicted octanol–water partition coefficient (Wildman–Crippen LogP) is 1.86. The van der Waals surface area contributed by atoms with E-state index in [1.54, 1.807) is 0 Å². The van der Waals surface area contributed by atoms with E-state index >= 15 is 0 Å². The number of hydrogen-bond donors (Lipinski definition) is 2. The zero-order valence-electron chi connectivity index (χ0n) is 9.60. The van der Waals surface area contributed by atoms with Gasteiger partial charge in [0.2, 0.25) is 22.4 Å². The number of amides is 1. The molecule has 0 aliphatic heterocycles. The van der Waals surface area contributed by atoms with Gasteiger partial charge in [-0.3, -0.25) is 15.6 Å². The predicted molar refractivity (Wildman–Crippen MR) is 71.8 cm³/mol. The molecular weight excluding hydrogens is 289 g/mol. The molecule has 1 aromatic heterocycles. The lowest BCUT2D eigenvalue weighted by molar-refractivity contribution is -0.119. The number of hydrogen-bond acceptors (Lipinski definition) is 5. The van der Waals surface area contributed by atoms with E-state index in [0.717, 1.165) is 5.56 Å². The van der Waals surface area contributed by atoms with Crippen LogP contribution in [0.1, 0.15) is 5.56 Å². The molecular formula is C11H9Cl2N5O. The van der Waals surface area contributed by atoms with Gasteiger partial charge >= 0.3 is 0 Å². The summed E-state index contributed by atoms with van der Waals surface area (Å²) >= 11 is 11.2. The van der Waals surface area contributed by atoms with Crippen LogP contribution in [0.3, 0.4) is 0 Å². The number of nitrogens with one attached hydrogen (secondary N) is 2. The van der Waals surface area contributed by atoms with Gasteiger partial charge in [-0.05, 0) is 28.8 Å². The fraction of sp³-hybridized carbons (Fsp3) is 0.0909. The lowest BCUT2D eigenvalue weighted by Crippen LogP contribution is -2.31. The summed E-state index contributed by atoms with van der Waals surface area (Å²) in [6.45, 7) is 0. The highest BCUT2D eigenvalue weighted by atomic mass is 35.5. The van der Waals surface area contributed by atoms with Crippen molar-refractivity contribution in [2.45, 2.75) is 6.42 Å². The number of benzene rings is 1. The second kappa shape index (κ2) is 6.31. The molecule has 0 fully saturated rings. The van der Waals surface area contributed by atoms with Gasteiger partial charge in [-0.2, -0.15) is 15.0 Å². The van der Waals surface area contributed by atoms with Crippen LogP contribution in [0, 0.1) is 0 Å². The molecule has 0 aliphatic rings. The van der Waals surface area contributed by atoms with Gasteiger partial charge in [0.25, 0.3) is 0 Å². The van der Waals surface area contributed by atoms with Gasteiger partial charge in [-0.15, -0.1) is 0 Å².